The largest absolute Gasteiger partial charge is 0.496 e. The van der Waals surface area contributed by atoms with Gasteiger partial charge in [-0.1, -0.05) is 26.8 Å². The van der Waals surface area contributed by atoms with Crippen molar-refractivity contribution in [1.82, 2.24) is 5.48 Å². The highest BCUT2D eigenvalue weighted by Gasteiger charge is 2.20. The van der Waals surface area contributed by atoms with E-state index < -0.39 is 0 Å². The molecule has 0 atom stereocenters. The standard InChI is InChI=1S/C13H21NO2/c1-9-6-11(13(2,3)4)12(16-5)7-10(9)8-14-15/h6-7,14-15H,8H2,1-5H3. The number of benzene rings is 1. The number of hydroxylamine groups is 1. The molecule has 1 aromatic rings. The van der Waals surface area contributed by atoms with Crippen LogP contribution in [0.1, 0.15) is 37.5 Å². The maximum Gasteiger partial charge on any atom is 0.122 e. The lowest BCUT2D eigenvalue weighted by molar-refractivity contribution is 0.161. The van der Waals surface area contributed by atoms with Crippen molar-refractivity contribution in [3.8, 4) is 5.75 Å². The molecule has 16 heavy (non-hydrogen) atoms. The average molecular weight is 223 g/mol. The quantitative estimate of drug-likeness (QED) is 0.774. The highest BCUT2D eigenvalue weighted by molar-refractivity contribution is 5.45. The summed E-state index contributed by atoms with van der Waals surface area (Å²) in [5, 5.41) is 8.75. The number of ether oxygens (including phenoxy) is 1. The molecule has 0 unspecified atom stereocenters. The minimum atomic E-state index is 0.0568. The molecule has 0 spiro atoms. The Hall–Kier alpha value is -1.06. The number of methoxy groups -OCH3 is 1. The van der Waals surface area contributed by atoms with Crippen LogP contribution in [0, 0.1) is 6.92 Å². The van der Waals surface area contributed by atoms with Crippen molar-refractivity contribution >= 4 is 0 Å². The molecule has 0 aliphatic carbocycles. The SMILES string of the molecule is COc1cc(CNO)c(C)cc1C(C)(C)C. The molecule has 3 nitrogen and oxygen atoms in total. The van der Waals surface area contributed by atoms with Gasteiger partial charge in [0.25, 0.3) is 0 Å². The molecule has 0 saturated heterocycles. The fourth-order valence-electron chi connectivity index (χ4n) is 1.76. The lowest BCUT2D eigenvalue weighted by Gasteiger charge is -2.23. The predicted octanol–water partition coefficient (Wildman–Crippen LogP) is 2.78. The van der Waals surface area contributed by atoms with Crippen LogP contribution in [0.4, 0.5) is 0 Å². The molecule has 0 aliphatic heterocycles. The zero-order valence-corrected chi connectivity index (χ0v) is 10.7. The summed E-state index contributed by atoms with van der Waals surface area (Å²) in [5.41, 5.74) is 5.63. The van der Waals surface area contributed by atoms with Crippen molar-refractivity contribution in [3.05, 3.63) is 28.8 Å². The van der Waals surface area contributed by atoms with E-state index in [0.29, 0.717) is 6.54 Å². The minimum absolute atomic E-state index is 0.0568. The van der Waals surface area contributed by atoms with Crippen molar-refractivity contribution in [3.63, 3.8) is 0 Å². The van der Waals surface area contributed by atoms with Gasteiger partial charge in [0, 0.05) is 6.54 Å². The lowest BCUT2D eigenvalue weighted by atomic mass is 9.84. The summed E-state index contributed by atoms with van der Waals surface area (Å²) in [6, 6.07) is 4.12. The van der Waals surface area contributed by atoms with Crippen molar-refractivity contribution in [2.24, 2.45) is 0 Å². The van der Waals surface area contributed by atoms with E-state index in [-0.39, 0.29) is 5.41 Å². The van der Waals surface area contributed by atoms with E-state index in [9.17, 15) is 0 Å². The zero-order valence-electron chi connectivity index (χ0n) is 10.7. The summed E-state index contributed by atoms with van der Waals surface area (Å²) in [4.78, 5) is 0. The molecule has 1 aromatic carbocycles. The second-order valence-electron chi connectivity index (χ2n) is 5.06. The van der Waals surface area contributed by atoms with Gasteiger partial charge >= 0.3 is 0 Å². The van der Waals surface area contributed by atoms with E-state index in [1.54, 1.807) is 7.11 Å². The zero-order chi connectivity index (χ0) is 12.3. The predicted molar refractivity (Wildman–Crippen MR) is 65.1 cm³/mol. The first-order chi connectivity index (χ1) is 7.40. The molecule has 0 heterocycles. The molecule has 90 valence electrons. The fourth-order valence-corrected chi connectivity index (χ4v) is 1.76. The number of hydrogen-bond donors (Lipinski definition) is 2. The van der Waals surface area contributed by atoms with Gasteiger partial charge in [0.1, 0.15) is 5.75 Å². The highest BCUT2D eigenvalue weighted by atomic mass is 16.5. The van der Waals surface area contributed by atoms with Crippen LogP contribution in [0.5, 0.6) is 5.75 Å². The Morgan fingerprint density at radius 2 is 1.94 bits per heavy atom. The Bertz CT molecular complexity index is 367. The summed E-state index contributed by atoms with van der Waals surface area (Å²) in [5.74, 6) is 0.878. The van der Waals surface area contributed by atoms with Gasteiger partial charge in [0.2, 0.25) is 0 Å². The van der Waals surface area contributed by atoms with E-state index in [2.05, 4.69) is 32.3 Å². The van der Waals surface area contributed by atoms with Crippen LogP contribution in [-0.4, -0.2) is 12.3 Å². The topological polar surface area (TPSA) is 41.5 Å². The van der Waals surface area contributed by atoms with Gasteiger partial charge in [-0.2, -0.15) is 0 Å². The van der Waals surface area contributed by atoms with Crippen molar-refractivity contribution < 1.29 is 9.94 Å². The molecule has 0 bridgehead atoms. The van der Waals surface area contributed by atoms with Crippen LogP contribution in [0.25, 0.3) is 0 Å². The van der Waals surface area contributed by atoms with Gasteiger partial charge < -0.3 is 9.94 Å². The Labute approximate surface area is 97.4 Å². The number of rotatable bonds is 3. The fraction of sp³-hybridized carbons (Fsp3) is 0.538. The van der Waals surface area contributed by atoms with E-state index in [0.717, 1.165) is 16.9 Å². The molecule has 2 N–H and O–H groups in total. The first-order valence-electron chi connectivity index (χ1n) is 5.45. The molecule has 0 fully saturated rings. The normalized spacial score (nSPS) is 11.6. The van der Waals surface area contributed by atoms with Crippen molar-refractivity contribution in [2.45, 2.75) is 39.7 Å². The van der Waals surface area contributed by atoms with Crippen LogP contribution in [-0.2, 0) is 12.0 Å². The number of aryl methyl sites for hydroxylation is 1. The second kappa shape index (κ2) is 4.85. The molecule has 1 rings (SSSR count). The molecular formula is C13H21NO2. The molecule has 3 heteroatoms. The lowest BCUT2D eigenvalue weighted by Crippen LogP contribution is -2.15. The Balaban J connectivity index is 3.27. The summed E-state index contributed by atoms with van der Waals surface area (Å²) in [6.45, 7) is 8.96. The van der Waals surface area contributed by atoms with Gasteiger partial charge in [-0.05, 0) is 35.1 Å². The van der Waals surface area contributed by atoms with E-state index in [4.69, 9.17) is 9.94 Å². The van der Waals surface area contributed by atoms with E-state index >= 15 is 0 Å². The average Bonchev–Trinajstić information content (AvgIpc) is 2.19. The van der Waals surface area contributed by atoms with Crippen LogP contribution in [0.2, 0.25) is 0 Å². The van der Waals surface area contributed by atoms with Crippen molar-refractivity contribution in [1.29, 1.82) is 0 Å². The Morgan fingerprint density at radius 3 is 2.38 bits per heavy atom. The summed E-state index contributed by atoms with van der Waals surface area (Å²) >= 11 is 0. The van der Waals surface area contributed by atoms with Gasteiger partial charge in [-0.25, -0.2) is 5.48 Å². The summed E-state index contributed by atoms with van der Waals surface area (Å²) in [7, 11) is 1.68. The summed E-state index contributed by atoms with van der Waals surface area (Å²) < 4.78 is 5.40. The van der Waals surface area contributed by atoms with Gasteiger partial charge in [-0.15, -0.1) is 0 Å². The van der Waals surface area contributed by atoms with Gasteiger partial charge in [-0.3, -0.25) is 0 Å². The number of hydrogen-bond acceptors (Lipinski definition) is 3. The van der Waals surface area contributed by atoms with E-state index in [1.807, 2.05) is 13.0 Å². The molecular weight excluding hydrogens is 202 g/mol. The van der Waals surface area contributed by atoms with Crippen LogP contribution >= 0.6 is 0 Å². The molecule has 0 amide bonds. The molecule has 0 aromatic heterocycles. The third-order valence-corrected chi connectivity index (χ3v) is 2.74. The Kier molecular flexibility index (Phi) is 3.94. The smallest absolute Gasteiger partial charge is 0.122 e. The van der Waals surface area contributed by atoms with Crippen molar-refractivity contribution in [2.75, 3.05) is 7.11 Å². The van der Waals surface area contributed by atoms with Gasteiger partial charge in [0.15, 0.2) is 0 Å². The minimum Gasteiger partial charge on any atom is -0.496 e. The van der Waals surface area contributed by atoms with Gasteiger partial charge in [0.05, 0.1) is 7.11 Å². The third kappa shape index (κ3) is 2.74. The first kappa shape index (κ1) is 13.0. The summed E-state index contributed by atoms with van der Waals surface area (Å²) in [6.07, 6.45) is 0. The second-order valence-corrected chi connectivity index (χ2v) is 5.06. The highest BCUT2D eigenvalue weighted by Crippen LogP contribution is 2.33. The van der Waals surface area contributed by atoms with Crippen LogP contribution in [0.15, 0.2) is 12.1 Å². The molecule has 0 radical (unpaired) electrons. The molecule has 0 aliphatic rings. The maximum atomic E-state index is 8.75. The monoisotopic (exact) mass is 223 g/mol. The van der Waals surface area contributed by atoms with Crippen LogP contribution in [0.3, 0.4) is 0 Å². The van der Waals surface area contributed by atoms with Crippen LogP contribution < -0.4 is 10.2 Å². The first-order valence-corrected chi connectivity index (χ1v) is 5.45. The maximum absolute atomic E-state index is 8.75. The third-order valence-electron chi connectivity index (χ3n) is 2.74. The molecule has 0 saturated carbocycles. The van der Waals surface area contributed by atoms with E-state index in [1.165, 1.54) is 5.56 Å². The number of nitrogens with one attached hydrogen (secondary N) is 1. The Morgan fingerprint density at radius 1 is 1.31 bits per heavy atom.